The standard InChI is InChI=1S/C16H25N3O/c1-4-14-9-13(10-15(17)18-14)16(20)19-7-5-12(6-8-19)11(2)3/h9-12H,4-8H2,1-3H3,(H2,17,18). The second kappa shape index (κ2) is 6.25. The van der Waals surface area contributed by atoms with Crippen LogP contribution in [0, 0.1) is 11.8 Å². The molecule has 0 aliphatic carbocycles. The molecular weight excluding hydrogens is 250 g/mol. The van der Waals surface area contributed by atoms with E-state index in [0.717, 1.165) is 44.0 Å². The van der Waals surface area contributed by atoms with Gasteiger partial charge in [-0.2, -0.15) is 0 Å². The summed E-state index contributed by atoms with van der Waals surface area (Å²) in [5.74, 6) is 1.98. The number of hydrogen-bond acceptors (Lipinski definition) is 3. The molecular formula is C16H25N3O. The fourth-order valence-electron chi connectivity index (χ4n) is 2.87. The summed E-state index contributed by atoms with van der Waals surface area (Å²) in [7, 11) is 0. The molecule has 1 aromatic rings. The topological polar surface area (TPSA) is 59.2 Å². The molecule has 1 amide bonds. The molecule has 2 N–H and O–H groups in total. The Bertz CT molecular complexity index is 477. The van der Waals surface area contributed by atoms with Gasteiger partial charge in [0.2, 0.25) is 0 Å². The molecule has 1 aromatic heterocycles. The fourth-order valence-corrected chi connectivity index (χ4v) is 2.87. The molecule has 20 heavy (non-hydrogen) atoms. The SMILES string of the molecule is CCc1cc(C(=O)N2CCC(C(C)C)CC2)cc(N)n1. The molecule has 0 aromatic carbocycles. The van der Waals surface area contributed by atoms with E-state index in [0.29, 0.717) is 17.3 Å². The van der Waals surface area contributed by atoms with Crippen molar-refractivity contribution in [3.05, 3.63) is 23.4 Å². The Hall–Kier alpha value is -1.58. The largest absolute Gasteiger partial charge is 0.384 e. The average molecular weight is 275 g/mol. The number of likely N-dealkylation sites (tertiary alicyclic amines) is 1. The van der Waals surface area contributed by atoms with Crippen molar-refractivity contribution in [3.63, 3.8) is 0 Å². The van der Waals surface area contributed by atoms with Crippen molar-refractivity contribution in [2.45, 2.75) is 40.0 Å². The molecule has 4 heteroatoms. The maximum absolute atomic E-state index is 12.5. The lowest BCUT2D eigenvalue weighted by Gasteiger charge is -2.34. The summed E-state index contributed by atoms with van der Waals surface area (Å²) in [6.07, 6.45) is 3.00. The van der Waals surface area contributed by atoms with Crippen LogP contribution in [0.15, 0.2) is 12.1 Å². The molecule has 110 valence electrons. The van der Waals surface area contributed by atoms with Gasteiger partial charge in [-0.25, -0.2) is 4.98 Å². The number of anilines is 1. The molecule has 0 saturated carbocycles. The van der Waals surface area contributed by atoms with Crippen LogP contribution in [0.2, 0.25) is 0 Å². The van der Waals surface area contributed by atoms with E-state index in [1.54, 1.807) is 6.07 Å². The van der Waals surface area contributed by atoms with E-state index in [1.165, 1.54) is 0 Å². The smallest absolute Gasteiger partial charge is 0.254 e. The van der Waals surface area contributed by atoms with Crippen LogP contribution in [0.25, 0.3) is 0 Å². The van der Waals surface area contributed by atoms with Crippen molar-refractivity contribution in [2.75, 3.05) is 18.8 Å². The van der Waals surface area contributed by atoms with Crippen LogP contribution in [0.3, 0.4) is 0 Å². The van der Waals surface area contributed by atoms with Gasteiger partial charge >= 0.3 is 0 Å². The number of hydrogen-bond donors (Lipinski definition) is 1. The summed E-state index contributed by atoms with van der Waals surface area (Å²) in [5, 5.41) is 0. The number of nitrogen functional groups attached to an aromatic ring is 1. The monoisotopic (exact) mass is 275 g/mol. The number of pyridine rings is 1. The number of aryl methyl sites for hydroxylation is 1. The Morgan fingerprint density at radius 1 is 1.40 bits per heavy atom. The van der Waals surface area contributed by atoms with Crippen LogP contribution >= 0.6 is 0 Å². The highest BCUT2D eigenvalue weighted by molar-refractivity contribution is 5.95. The lowest BCUT2D eigenvalue weighted by atomic mass is 9.86. The molecule has 1 aliphatic rings. The maximum atomic E-state index is 12.5. The molecule has 2 heterocycles. The highest BCUT2D eigenvalue weighted by Gasteiger charge is 2.25. The summed E-state index contributed by atoms with van der Waals surface area (Å²) >= 11 is 0. The average Bonchev–Trinajstić information content (AvgIpc) is 2.45. The van der Waals surface area contributed by atoms with E-state index in [9.17, 15) is 4.79 Å². The predicted octanol–water partition coefficient (Wildman–Crippen LogP) is 2.73. The number of rotatable bonds is 3. The van der Waals surface area contributed by atoms with Gasteiger partial charge in [0.15, 0.2) is 0 Å². The Labute approximate surface area is 121 Å². The molecule has 0 unspecified atom stereocenters. The minimum Gasteiger partial charge on any atom is -0.384 e. The first kappa shape index (κ1) is 14.8. The van der Waals surface area contributed by atoms with Gasteiger partial charge in [-0.3, -0.25) is 4.79 Å². The van der Waals surface area contributed by atoms with Crippen molar-refractivity contribution >= 4 is 11.7 Å². The Morgan fingerprint density at radius 3 is 2.60 bits per heavy atom. The van der Waals surface area contributed by atoms with Crippen LogP contribution in [0.4, 0.5) is 5.82 Å². The third-order valence-corrected chi connectivity index (χ3v) is 4.28. The molecule has 0 radical (unpaired) electrons. The van der Waals surface area contributed by atoms with Gasteiger partial charge in [-0.15, -0.1) is 0 Å². The minimum atomic E-state index is 0.0935. The van der Waals surface area contributed by atoms with E-state index in [1.807, 2.05) is 17.9 Å². The molecule has 0 spiro atoms. The van der Waals surface area contributed by atoms with E-state index in [4.69, 9.17) is 5.73 Å². The number of piperidine rings is 1. The normalized spacial score (nSPS) is 16.7. The summed E-state index contributed by atoms with van der Waals surface area (Å²) in [6.45, 7) is 8.25. The van der Waals surface area contributed by atoms with Crippen LogP contribution in [0.5, 0.6) is 0 Å². The zero-order valence-electron chi connectivity index (χ0n) is 12.7. The van der Waals surface area contributed by atoms with E-state index in [-0.39, 0.29) is 5.91 Å². The van der Waals surface area contributed by atoms with Gasteiger partial charge < -0.3 is 10.6 Å². The number of amides is 1. The lowest BCUT2D eigenvalue weighted by Crippen LogP contribution is -2.39. The highest BCUT2D eigenvalue weighted by Crippen LogP contribution is 2.25. The van der Waals surface area contributed by atoms with Gasteiger partial charge in [-0.05, 0) is 43.2 Å². The van der Waals surface area contributed by atoms with Crippen LogP contribution in [-0.2, 0) is 6.42 Å². The zero-order chi connectivity index (χ0) is 14.7. The van der Waals surface area contributed by atoms with Gasteiger partial charge in [-0.1, -0.05) is 20.8 Å². The third kappa shape index (κ3) is 3.30. The summed E-state index contributed by atoms with van der Waals surface area (Å²) in [4.78, 5) is 18.7. The van der Waals surface area contributed by atoms with Crippen molar-refractivity contribution < 1.29 is 4.79 Å². The number of carbonyl (C=O) groups is 1. The Balaban J connectivity index is 2.07. The number of carbonyl (C=O) groups excluding carboxylic acids is 1. The van der Waals surface area contributed by atoms with Crippen LogP contribution in [-0.4, -0.2) is 28.9 Å². The highest BCUT2D eigenvalue weighted by atomic mass is 16.2. The second-order valence-corrected chi connectivity index (χ2v) is 6.00. The zero-order valence-corrected chi connectivity index (χ0v) is 12.7. The minimum absolute atomic E-state index is 0.0935. The van der Waals surface area contributed by atoms with E-state index in [2.05, 4.69) is 18.8 Å². The van der Waals surface area contributed by atoms with Gasteiger partial charge in [0.25, 0.3) is 5.91 Å². The first-order valence-electron chi connectivity index (χ1n) is 7.57. The third-order valence-electron chi connectivity index (χ3n) is 4.28. The molecule has 1 aliphatic heterocycles. The molecule has 1 fully saturated rings. The summed E-state index contributed by atoms with van der Waals surface area (Å²) in [6, 6.07) is 3.56. The lowest BCUT2D eigenvalue weighted by molar-refractivity contribution is 0.0667. The Kier molecular flexibility index (Phi) is 4.63. The predicted molar refractivity (Wildman–Crippen MR) is 81.5 cm³/mol. The molecule has 1 saturated heterocycles. The molecule has 4 nitrogen and oxygen atoms in total. The van der Waals surface area contributed by atoms with Crippen LogP contribution in [0.1, 0.15) is 49.7 Å². The molecule has 2 rings (SSSR count). The van der Waals surface area contributed by atoms with Crippen molar-refractivity contribution in [2.24, 2.45) is 11.8 Å². The second-order valence-electron chi connectivity index (χ2n) is 6.00. The molecule has 0 bridgehead atoms. The maximum Gasteiger partial charge on any atom is 0.254 e. The summed E-state index contributed by atoms with van der Waals surface area (Å²) < 4.78 is 0. The summed E-state index contributed by atoms with van der Waals surface area (Å²) in [5.41, 5.74) is 7.34. The van der Waals surface area contributed by atoms with Gasteiger partial charge in [0.1, 0.15) is 5.82 Å². The first-order chi connectivity index (χ1) is 9.51. The Morgan fingerprint density at radius 2 is 2.05 bits per heavy atom. The number of nitrogens with zero attached hydrogens (tertiary/aromatic N) is 2. The number of aromatic nitrogens is 1. The van der Waals surface area contributed by atoms with Gasteiger partial charge in [0, 0.05) is 24.3 Å². The van der Waals surface area contributed by atoms with Crippen molar-refractivity contribution in [1.29, 1.82) is 0 Å². The molecule has 0 atom stereocenters. The van der Waals surface area contributed by atoms with Crippen LogP contribution < -0.4 is 5.73 Å². The first-order valence-corrected chi connectivity index (χ1v) is 7.57. The van der Waals surface area contributed by atoms with Crippen molar-refractivity contribution in [3.8, 4) is 0 Å². The van der Waals surface area contributed by atoms with E-state index < -0.39 is 0 Å². The quantitative estimate of drug-likeness (QED) is 0.922. The van der Waals surface area contributed by atoms with Gasteiger partial charge in [0.05, 0.1) is 0 Å². The fraction of sp³-hybridized carbons (Fsp3) is 0.625. The van der Waals surface area contributed by atoms with Crippen molar-refractivity contribution in [1.82, 2.24) is 9.88 Å². The number of nitrogens with two attached hydrogens (primary N) is 1. The van der Waals surface area contributed by atoms with E-state index >= 15 is 0 Å².